The lowest BCUT2D eigenvalue weighted by atomic mass is 10.2. The predicted octanol–water partition coefficient (Wildman–Crippen LogP) is 3.36. The van der Waals surface area contributed by atoms with Crippen LogP contribution in [0.4, 0.5) is 0 Å². The van der Waals surface area contributed by atoms with Crippen LogP contribution < -0.4 is 10.7 Å². The average Bonchev–Trinajstić information content (AvgIpc) is 3.54. The van der Waals surface area contributed by atoms with Crippen LogP contribution in [-0.4, -0.2) is 27.2 Å². The molecule has 0 atom stereocenters. The second kappa shape index (κ2) is 7.59. The molecule has 0 aliphatic heterocycles. The SMILES string of the molecule is O=C(NCCn1nc(-c2ccncc2)cc1C1CC1)c1cc(=O)c2ccccc2o1. The Balaban J connectivity index is 1.30. The number of carbonyl (C=O) groups excluding carboxylic acids is 1. The van der Waals surface area contributed by atoms with E-state index in [1.165, 1.54) is 11.8 Å². The van der Waals surface area contributed by atoms with Gasteiger partial charge in [-0.1, -0.05) is 12.1 Å². The number of rotatable bonds is 6. The Bertz CT molecular complexity index is 1270. The topological polar surface area (TPSA) is 90.0 Å². The second-order valence-electron chi connectivity index (χ2n) is 7.41. The number of hydrogen-bond donors (Lipinski definition) is 1. The van der Waals surface area contributed by atoms with Gasteiger partial charge in [-0.05, 0) is 43.2 Å². The number of nitrogens with zero attached hydrogens (tertiary/aromatic N) is 3. The van der Waals surface area contributed by atoms with Crippen molar-refractivity contribution < 1.29 is 9.21 Å². The highest BCUT2D eigenvalue weighted by atomic mass is 16.3. The third-order valence-corrected chi connectivity index (χ3v) is 5.25. The van der Waals surface area contributed by atoms with Gasteiger partial charge in [0, 0.05) is 42.2 Å². The fraction of sp³-hybridized carbons (Fsp3) is 0.217. The quantitative estimate of drug-likeness (QED) is 0.536. The van der Waals surface area contributed by atoms with Gasteiger partial charge in [0.25, 0.3) is 5.91 Å². The molecule has 1 aromatic carbocycles. The molecule has 0 unspecified atom stereocenters. The number of benzene rings is 1. The van der Waals surface area contributed by atoms with Crippen LogP contribution in [0.2, 0.25) is 0 Å². The monoisotopic (exact) mass is 400 g/mol. The molecule has 1 saturated carbocycles. The summed E-state index contributed by atoms with van der Waals surface area (Å²) < 4.78 is 7.56. The first-order valence-electron chi connectivity index (χ1n) is 9.98. The highest BCUT2D eigenvalue weighted by Crippen LogP contribution is 2.41. The Kier molecular flexibility index (Phi) is 4.63. The molecule has 1 amide bonds. The molecule has 3 aromatic heterocycles. The predicted molar refractivity (Wildman–Crippen MR) is 112 cm³/mol. The van der Waals surface area contributed by atoms with Crippen molar-refractivity contribution in [1.82, 2.24) is 20.1 Å². The molecule has 1 aliphatic rings. The van der Waals surface area contributed by atoms with Gasteiger partial charge >= 0.3 is 0 Å². The number of nitrogens with one attached hydrogen (secondary N) is 1. The van der Waals surface area contributed by atoms with Crippen molar-refractivity contribution in [1.29, 1.82) is 0 Å². The van der Waals surface area contributed by atoms with Crippen molar-refractivity contribution >= 4 is 16.9 Å². The Morgan fingerprint density at radius 3 is 2.73 bits per heavy atom. The van der Waals surface area contributed by atoms with E-state index in [2.05, 4.69) is 16.4 Å². The maximum Gasteiger partial charge on any atom is 0.287 e. The largest absolute Gasteiger partial charge is 0.451 e. The average molecular weight is 400 g/mol. The summed E-state index contributed by atoms with van der Waals surface area (Å²) in [6, 6.07) is 14.1. The molecular formula is C23H20N4O3. The molecule has 7 nitrogen and oxygen atoms in total. The Morgan fingerprint density at radius 1 is 1.13 bits per heavy atom. The zero-order valence-electron chi connectivity index (χ0n) is 16.2. The van der Waals surface area contributed by atoms with Crippen molar-refractivity contribution in [2.75, 3.05) is 6.54 Å². The maximum atomic E-state index is 12.5. The van der Waals surface area contributed by atoms with Crippen LogP contribution in [0.25, 0.3) is 22.2 Å². The maximum absolute atomic E-state index is 12.5. The summed E-state index contributed by atoms with van der Waals surface area (Å²) in [5.74, 6) is 0.133. The van der Waals surface area contributed by atoms with Crippen LogP contribution in [0.15, 0.2) is 70.1 Å². The first kappa shape index (κ1) is 18.3. The fourth-order valence-corrected chi connectivity index (χ4v) is 3.56. The zero-order valence-corrected chi connectivity index (χ0v) is 16.2. The second-order valence-corrected chi connectivity index (χ2v) is 7.41. The lowest BCUT2D eigenvalue weighted by Crippen LogP contribution is -2.28. The first-order chi connectivity index (χ1) is 14.7. The Morgan fingerprint density at radius 2 is 1.93 bits per heavy atom. The Labute approximate surface area is 172 Å². The summed E-state index contributed by atoms with van der Waals surface area (Å²) in [6.45, 7) is 0.924. The van der Waals surface area contributed by atoms with Crippen LogP contribution in [0.3, 0.4) is 0 Å². The van der Waals surface area contributed by atoms with Crippen molar-refractivity contribution in [2.24, 2.45) is 0 Å². The summed E-state index contributed by atoms with van der Waals surface area (Å²) in [4.78, 5) is 28.8. The van der Waals surface area contributed by atoms with Crippen molar-refractivity contribution in [3.8, 4) is 11.3 Å². The first-order valence-corrected chi connectivity index (χ1v) is 9.98. The molecule has 1 fully saturated rings. The standard InChI is InChI=1S/C23H20N4O3/c28-20-14-22(30-21-4-2-1-3-17(20)21)23(29)25-11-12-27-19(16-5-6-16)13-18(26-27)15-7-9-24-10-8-15/h1-4,7-10,13-14,16H,5-6,11-12H2,(H,25,29). The number of hydrogen-bond acceptors (Lipinski definition) is 5. The van der Waals surface area contributed by atoms with E-state index in [1.54, 1.807) is 36.7 Å². The molecule has 1 aliphatic carbocycles. The molecule has 5 rings (SSSR count). The number of carbonyl (C=O) groups is 1. The van der Waals surface area contributed by atoms with Gasteiger partial charge in [0.1, 0.15) is 5.58 Å². The smallest absolute Gasteiger partial charge is 0.287 e. The molecule has 150 valence electrons. The zero-order chi connectivity index (χ0) is 20.5. The molecule has 7 heteroatoms. The van der Waals surface area contributed by atoms with E-state index in [0.29, 0.717) is 30.0 Å². The molecule has 30 heavy (non-hydrogen) atoms. The minimum absolute atomic E-state index is 0.0130. The summed E-state index contributed by atoms with van der Waals surface area (Å²) in [5.41, 5.74) is 3.29. The molecule has 3 heterocycles. The number of pyridine rings is 1. The number of para-hydroxylation sites is 1. The molecule has 0 radical (unpaired) electrons. The molecule has 0 bridgehead atoms. The summed E-state index contributed by atoms with van der Waals surface area (Å²) >= 11 is 0. The Hall–Kier alpha value is -3.74. The summed E-state index contributed by atoms with van der Waals surface area (Å²) in [5, 5.41) is 8.02. The van der Waals surface area contributed by atoms with E-state index in [4.69, 9.17) is 9.52 Å². The minimum atomic E-state index is -0.410. The van der Waals surface area contributed by atoms with Gasteiger partial charge in [-0.15, -0.1) is 0 Å². The van der Waals surface area contributed by atoms with Crippen LogP contribution in [0.5, 0.6) is 0 Å². The molecule has 0 saturated heterocycles. The van der Waals surface area contributed by atoms with E-state index in [0.717, 1.165) is 24.1 Å². The van der Waals surface area contributed by atoms with Gasteiger partial charge in [0.05, 0.1) is 17.6 Å². The van der Waals surface area contributed by atoms with E-state index < -0.39 is 5.91 Å². The molecule has 4 aromatic rings. The van der Waals surface area contributed by atoms with Gasteiger partial charge in [0.15, 0.2) is 11.2 Å². The molecule has 0 spiro atoms. The van der Waals surface area contributed by atoms with Gasteiger partial charge in [0.2, 0.25) is 0 Å². The summed E-state index contributed by atoms with van der Waals surface area (Å²) in [7, 11) is 0. The third kappa shape index (κ3) is 3.61. The van der Waals surface area contributed by atoms with E-state index in [1.807, 2.05) is 16.8 Å². The van der Waals surface area contributed by atoms with Crippen LogP contribution in [-0.2, 0) is 6.54 Å². The highest BCUT2D eigenvalue weighted by molar-refractivity contribution is 5.93. The highest BCUT2D eigenvalue weighted by Gasteiger charge is 2.28. The van der Waals surface area contributed by atoms with E-state index in [-0.39, 0.29) is 11.2 Å². The van der Waals surface area contributed by atoms with Crippen LogP contribution >= 0.6 is 0 Å². The number of fused-ring (bicyclic) bond motifs is 1. The third-order valence-electron chi connectivity index (χ3n) is 5.25. The number of amides is 1. The van der Waals surface area contributed by atoms with Gasteiger partial charge in [-0.25, -0.2) is 0 Å². The number of aromatic nitrogens is 3. The van der Waals surface area contributed by atoms with Crippen LogP contribution in [0.1, 0.15) is 35.0 Å². The summed E-state index contributed by atoms with van der Waals surface area (Å²) in [6.07, 6.45) is 5.83. The van der Waals surface area contributed by atoms with Crippen molar-refractivity contribution in [3.63, 3.8) is 0 Å². The lowest BCUT2D eigenvalue weighted by molar-refractivity contribution is 0.0924. The van der Waals surface area contributed by atoms with Gasteiger partial charge < -0.3 is 9.73 Å². The van der Waals surface area contributed by atoms with Crippen LogP contribution in [0, 0.1) is 0 Å². The fourth-order valence-electron chi connectivity index (χ4n) is 3.56. The minimum Gasteiger partial charge on any atom is -0.451 e. The van der Waals surface area contributed by atoms with E-state index >= 15 is 0 Å². The van der Waals surface area contributed by atoms with Gasteiger partial charge in [-0.3, -0.25) is 19.3 Å². The van der Waals surface area contributed by atoms with Crippen molar-refractivity contribution in [2.45, 2.75) is 25.3 Å². The normalized spacial score (nSPS) is 13.5. The lowest BCUT2D eigenvalue weighted by Gasteiger charge is -2.08. The van der Waals surface area contributed by atoms with Gasteiger partial charge in [-0.2, -0.15) is 5.10 Å². The van der Waals surface area contributed by atoms with E-state index in [9.17, 15) is 9.59 Å². The van der Waals surface area contributed by atoms with Crippen molar-refractivity contribution in [3.05, 3.63) is 82.6 Å². The molecular weight excluding hydrogens is 380 g/mol. The molecule has 1 N–H and O–H groups in total.